The van der Waals surface area contributed by atoms with Crippen LogP contribution in [0.25, 0.3) is 22.1 Å². The van der Waals surface area contributed by atoms with E-state index < -0.39 is 5.97 Å². The molecular formula is C17H14N2O4. The van der Waals surface area contributed by atoms with Gasteiger partial charge in [-0.1, -0.05) is 18.2 Å². The van der Waals surface area contributed by atoms with Gasteiger partial charge < -0.3 is 9.47 Å². The Morgan fingerprint density at radius 2 is 1.57 bits per heavy atom. The van der Waals surface area contributed by atoms with Crippen LogP contribution in [0.4, 0.5) is 0 Å². The van der Waals surface area contributed by atoms with Crippen molar-refractivity contribution >= 4 is 34.0 Å². The minimum atomic E-state index is -0.463. The Kier molecular flexibility index (Phi) is 3.89. The molecule has 1 aromatic heterocycles. The minimum absolute atomic E-state index is 0.116. The topological polar surface area (TPSA) is 78.4 Å². The van der Waals surface area contributed by atoms with Gasteiger partial charge in [0.2, 0.25) is 0 Å². The molecule has 3 aromatic rings. The van der Waals surface area contributed by atoms with Crippen LogP contribution in [0.2, 0.25) is 0 Å². The first-order valence-electron chi connectivity index (χ1n) is 6.97. The van der Waals surface area contributed by atoms with Gasteiger partial charge in [-0.2, -0.15) is 0 Å². The summed E-state index contributed by atoms with van der Waals surface area (Å²) in [7, 11) is 2.67. The molecule has 2 aromatic carbocycles. The van der Waals surface area contributed by atoms with E-state index in [4.69, 9.17) is 9.47 Å². The van der Waals surface area contributed by atoms with Gasteiger partial charge in [0.25, 0.3) is 0 Å². The molecule has 116 valence electrons. The van der Waals surface area contributed by atoms with Crippen LogP contribution in [0.15, 0.2) is 36.4 Å². The Morgan fingerprint density at radius 1 is 0.913 bits per heavy atom. The maximum Gasteiger partial charge on any atom is 0.340 e. The zero-order chi connectivity index (χ0) is 16.4. The van der Waals surface area contributed by atoms with Crippen molar-refractivity contribution in [2.75, 3.05) is 14.2 Å². The molecule has 0 saturated carbocycles. The predicted octanol–water partition coefficient (Wildman–Crippen LogP) is 2.29. The number of hydrogen-bond donors (Lipinski definition) is 0. The van der Waals surface area contributed by atoms with Gasteiger partial charge in [-0.3, -0.25) is 4.79 Å². The maximum absolute atomic E-state index is 11.9. The number of benzene rings is 2. The van der Waals surface area contributed by atoms with Gasteiger partial charge in [0.15, 0.2) is 0 Å². The zero-order valence-corrected chi connectivity index (χ0v) is 12.7. The van der Waals surface area contributed by atoms with Crippen molar-refractivity contribution in [3.63, 3.8) is 0 Å². The van der Waals surface area contributed by atoms with Gasteiger partial charge in [0.1, 0.15) is 5.52 Å². The second kappa shape index (κ2) is 6.00. The van der Waals surface area contributed by atoms with E-state index in [0.717, 1.165) is 5.56 Å². The van der Waals surface area contributed by atoms with Gasteiger partial charge in [0.05, 0.1) is 42.8 Å². The fraction of sp³-hybridized carbons (Fsp3) is 0.176. The van der Waals surface area contributed by atoms with Crippen LogP contribution in [0.3, 0.4) is 0 Å². The molecule has 0 radical (unpaired) electrons. The van der Waals surface area contributed by atoms with Gasteiger partial charge >= 0.3 is 11.9 Å². The van der Waals surface area contributed by atoms with E-state index in [2.05, 4.69) is 9.97 Å². The van der Waals surface area contributed by atoms with Gasteiger partial charge in [-0.25, -0.2) is 14.8 Å². The summed E-state index contributed by atoms with van der Waals surface area (Å²) in [5, 5.41) is 0. The summed E-state index contributed by atoms with van der Waals surface area (Å²) in [5.41, 5.74) is 3.35. The first kappa shape index (κ1) is 14.9. The molecule has 0 spiro atoms. The molecule has 0 aliphatic carbocycles. The van der Waals surface area contributed by atoms with Crippen molar-refractivity contribution in [2.24, 2.45) is 0 Å². The van der Waals surface area contributed by atoms with E-state index in [0.29, 0.717) is 27.6 Å². The molecule has 0 aliphatic heterocycles. The van der Waals surface area contributed by atoms with E-state index in [1.807, 2.05) is 6.07 Å². The Morgan fingerprint density at radius 3 is 2.26 bits per heavy atom. The lowest BCUT2D eigenvalue weighted by molar-refractivity contribution is -0.139. The Balaban J connectivity index is 2.24. The van der Waals surface area contributed by atoms with Crippen LogP contribution in [-0.2, 0) is 20.7 Å². The average Bonchev–Trinajstić information content (AvgIpc) is 2.59. The number of nitrogens with zero attached hydrogens (tertiary/aromatic N) is 2. The van der Waals surface area contributed by atoms with Crippen molar-refractivity contribution < 1.29 is 19.1 Å². The molecule has 0 aliphatic rings. The number of fused-ring (bicyclic) bond motifs is 2. The van der Waals surface area contributed by atoms with E-state index in [1.54, 1.807) is 30.3 Å². The summed E-state index contributed by atoms with van der Waals surface area (Å²) in [6, 6.07) is 10.5. The minimum Gasteiger partial charge on any atom is -0.469 e. The third kappa shape index (κ3) is 2.70. The summed E-state index contributed by atoms with van der Waals surface area (Å²) >= 11 is 0. The molecule has 0 atom stereocenters. The second-order valence-corrected chi connectivity index (χ2v) is 4.93. The number of methoxy groups -OCH3 is 2. The van der Waals surface area contributed by atoms with Crippen LogP contribution in [0.5, 0.6) is 0 Å². The predicted molar refractivity (Wildman–Crippen MR) is 84.1 cm³/mol. The standard InChI is InChI=1S/C17H14N2O4/c1-22-14(20)9-10-5-3-7-12-15(10)18-13-8-4-6-11(16(13)19-12)17(21)23-2/h3-8H,9H2,1-2H3. The van der Waals surface area contributed by atoms with Crippen molar-refractivity contribution in [1.82, 2.24) is 9.97 Å². The Bertz CT molecular complexity index is 921. The highest BCUT2D eigenvalue weighted by atomic mass is 16.5. The van der Waals surface area contributed by atoms with Gasteiger partial charge in [0, 0.05) is 0 Å². The van der Waals surface area contributed by atoms with Crippen molar-refractivity contribution in [2.45, 2.75) is 6.42 Å². The number of ether oxygens (including phenoxy) is 2. The highest BCUT2D eigenvalue weighted by molar-refractivity contribution is 6.03. The van der Waals surface area contributed by atoms with Crippen molar-refractivity contribution in [1.29, 1.82) is 0 Å². The van der Waals surface area contributed by atoms with Crippen molar-refractivity contribution in [3.8, 4) is 0 Å². The highest BCUT2D eigenvalue weighted by Gasteiger charge is 2.15. The van der Waals surface area contributed by atoms with Gasteiger partial charge in [-0.15, -0.1) is 0 Å². The number of rotatable bonds is 3. The van der Waals surface area contributed by atoms with Crippen LogP contribution in [0, 0.1) is 0 Å². The number of para-hydroxylation sites is 2. The van der Waals surface area contributed by atoms with E-state index >= 15 is 0 Å². The molecule has 0 unspecified atom stereocenters. The van der Waals surface area contributed by atoms with Gasteiger partial charge in [-0.05, 0) is 23.8 Å². The molecule has 0 bridgehead atoms. The van der Waals surface area contributed by atoms with E-state index in [-0.39, 0.29) is 12.4 Å². The molecule has 6 nitrogen and oxygen atoms in total. The largest absolute Gasteiger partial charge is 0.469 e. The summed E-state index contributed by atoms with van der Waals surface area (Å²) in [4.78, 5) is 32.5. The Labute approximate surface area is 132 Å². The number of esters is 2. The molecule has 23 heavy (non-hydrogen) atoms. The Hall–Kier alpha value is -3.02. The molecule has 3 rings (SSSR count). The summed E-state index contributed by atoms with van der Waals surface area (Å²) < 4.78 is 9.49. The summed E-state index contributed by atoms with van der Waals surface area (Å²) in [5.74, 6) is -0.808. The third-order valence-electron chi connectivity index (χ3n) is 3.55. The molecule has 0 amide bonds. The smallest absolute Gasteiger partial charge is 0.340 e. The zero-order valence-electron chi connectivity index (χ0n) is 12.7. The lowest BCUT2D eigenvalue weighted by atomic mass is 10.1. The quantitative estimate of drug-likeness (QED) is 0.545. The summed E-state index contributed by atoms with van der Waals surface area (Å²) in [6.45, 7) is 0. The lowest BCUT2D eigenvalue weighted by Crippen LogP contribution is -2.07. The second-order valence-electron chi connectivity index (χ2n) is 4.93. The monoisotopic (exact) mass is 310 g/mol. The molecule has 0 fully saturated rings. The van der Waals surface area contributed by atoms with E-state index in [1.165, 1.54) is 14.2 Å². The van der Waals surface area contributed by atoms with Crippen LogP contribution in [0.1, 0.15) is 15.9 Å². The van der Waals surface area contributed by atoms with Crippen LogP contribution in [-0.4, -0.2) is 36.1 Å². The molecule has 6 heteroatoms. The fourth-order valence-electron chi connectivity index (χ4n) is 2.42. The third-order valence-corrected chi connectivity index (χ3v) is 3.55. The molecule has 0 N–H and O–H groups in total. The number of carbonyl (C=O) groups excluding carboxylic acids is 2. The SMILES string of the molecule is COC(=O)Cc1cccc2nc3c(C(=O)OC)cccc3nc12. The summed E-state index contributed by atoms with van der Waals surface area (Å²) in [6.07, 6.45) is 0.116. The van der Waals surface area contributed by atoms with Crippen LogP contribution >= 0.6 is 0 Å². The van der Waals surface area contributed by atoms with E-state index in [9.17, 15) is 9.59 Å². The highest BCUT2D eigenvalue weighted by Crippen LogP contribution is 2.22. The molecule has 1 heterocycles. The van der Waals surface area contributed by atoms with Crippen LogP contribution < -0.4 is 0 Å². The normalized spacial score (nSPS) is 10.7. The fourth-order valence-corrected chi connectivity index (χ4v) is 2.42. The molecule has 0 saturated heterocycles. The average molecular weight is 310 g/mol. The number of carbonyl (C=O) groups is 2. The molecular weight excluding hydrogens is 296 g/mol. The number of aromatic nitrogens is 2. The first-order chi connectivity index (χ1) is 11.1. The first-order valence-corrected chi connectivity index (χ1v) is 6.97. The maximum atomic E-state index is 11.9. The lowest BCUT2D eigenvalue weighted by Gasteiger charge is -2.08. The van der Waals surface area contributed by atoms with Crippen molar-refractivity contribution in [3.05, 3.63) is 47.5 Å². The number of hydrogen-bond acceptors (Lipinski definition) is 6.